The minimum atomic E-state index is -4.72. The summed E-state index contributed by atoms with van der Waals surface area (Å²) in [6.45, 7) is 0. The number of para-hydroxylation sites is 2. The molecule has 0 aliphatic carbocycles. The SMILES string of the molecule is O=c1cc(Nc2ccccc2)n(-c2ccccc2)c2nc(CCc3ccccc3)cc(C(F)(F)F)c12. The molecule has 0 aliphatic rings. The summed E-state index contributed by atoms with van der Waals surface area (Å²) in [5.41, 5.74) is 0.776. The Kier molecular flexibility index (Phi) is 6.29. The van der Waals surface area contributed by atoms with Gasteiger partial charge in [-0.1, -0.05) is 66.7 Å². The van der Waals surface area contributed by atoms with Crippen molar-refractivity contribution < 1.29 is 13.2 Å². The van der Waals surface area contributed by atoms with Crippen LogP contribution in [0.4, 0.5) is 24.7 Å². The number of aromatic nitrogens is 2. The highest BCUT2D eigenvalue weighted by molar-refractivity contribution is 5.84. The van der Waals surface area contributed by atoms with Crippen molar-refractivity contribution in [3.8, 4) is 5.69 Å². The molecule has 1 N–H and O–H groups in total. The molecule has 0 fully saturated rings. The van der Waals surface area contributed by atoms with Crippen molar-refractivity contribution in [3.05, 3.63) is 130 Å². The quantitative estimate of drug-likeness (QED) is 0.284. The van der Waals surface area contributed by atoms with Gasteiger partial charge in [-0.15, -0.1) is 0 Å². The molecule has 0 aliphatic heterocycles. The molecular weight excluding hydrogens is 463 g/mol. The van der Waals surface area contributed by atoms with E-state index in [1.165, 1.54) is 6.07 Å². The first kappa shape index (κ1) is 23.4. The molecule has 0 spiro atoms. The molecule has 2 heterocycles. The molecule has 5 rings (SSSR count). The zero-order valence-electron chi connectivity index (χ0n) is 19.2. The molecule has 0 amide bonds. The van der Waals surface area contributed by atoms with E-state index in [0.717, 1.165) is 11.6 Å². The molecule has 180 valence electrons. The average Bonchev–Trinajstić information content (AvgIpc) is 2.88. The van der Waals surface area contributed by atoms with Crippen LogP contribution in [0.25, 0.3) is 16.7 Å². The van der Waals surface area contributed by atoms with Crippen LogP contribution in [-0.2, 0) is 19.0 Å². The highest BCUT2D eigenvalue weighted by Gasteiger charge is 2.35. The van der Waals surface area contributed by atoms with Crippen LogP contribution in [-0.4, -0.2) is 9.55 Å². The van der Waals surface area contributed by atoms with Crippen LogP contribution < -0.4 is 10.7 Å². The zero-order chi connectivity index (χ0) is 25.1. The summed E-state index contributed by atoms with van der Waals surface area (Å²) < 4.78 is 44.3. The van der Waals surface area contributed by atoms with Crippen molar-refractivity contribution in [2.24, 2.45) is 0 Å². The summed E-state index contributed by atoms with van der Waals surface area (Å²) in [6, 6.07) is 29.8. The normalized spacial score (nSPS) is 11.5. The highest BCUT2D eigenvalue weighted by Crippen LogP contribution is 2.35. The van der Waals surface area contributed by atoms with Crippen molar-refractivity contribution in [2.75, 3.05) is 5.32 Å². The monoisotopic (exact) mass is 485 g/mol. The number of pyridine rings is 2. The average molecular weight is 486 g/mol. The van der Waals surface area contributed by atoms with Gasteiger partial charge in [0.1, 0.15) is 5.82 Å². The van der Waals surface area contributed by atoms with E-state index in [2.05, 4.69) is 10.3 Å². The Morgan fingerprint density at radius 3 is 2.03 bits per heavy atom. The van der Waals surface area contributed by atoms with E-state index >= 15 is 0 Å². The van der Waals surface area contributed by atoms with E-state index in [0.29, 0.717) is 30.0 Å². The van der Waals surface area contributed by atoms with Gasteiger partial charge in [0.25, 0.3) is 0 Å². The van der Waals surface area contributed by atoms with Crippen LogP contribution >= 0.6 is 0 Å². The third kappa shape index (κ3) is 4.86. The Bertz CT molecular complexity index is 1550. The highest BCUT2D eigenvalue weighted by atomic mass is 19.4. The van der Waals surface area contributed by atoms with Gasteiger partial charge in [-0.3, -0.25) is 9.36 Å². The van der Waals surface area contributed by atoms with Gasteiger partial charge < -0.3 is 5.32 Å². The number of anilines is 2. The van der Waals surface area contributed by atoms with E-state index in [4.69, 9.17) is 0 Å². The van der Waals surface area contributed by atoms with Crippen molar-refractivity contribution in [2.45, 2.75) is 19.0 Å². The second-order valence-electron chi connectivity index (χ2n) is 8.40. The largest absolute Gasteiger partial charge is 0.417 e. The van der Waals surface area contributed by atoms with E-state index in [9.17, 15) is 18.0 Å². The number of aryl methyl sites for hydroxylation is 2. The van der Waals surface area contributed by atoms with Gasteiger partial charge in [-0.2, -0.15) is 13.2 Å². The fourth-order valence-electron chi connectivity index (χ4n) is 4.23. The number of benzene rings is 3. The molecule has 2 aromatic heterocycles. The van der Waals surface area contributed by atoms with Gasteiger partial charge >= 0.3 is 6.18 Å². The number of halogens is 3. The van der Waals surface area contributed by atoms with Crippen LogP contribution in [0.1, 0.15) is 16.8 Å². The Hall–Kier alpha value is -4.39. The molecule has 3 aromatic carbocycles. The molecule has 0 atom stereocenters. The van der Waals surface area contributed by atoms with Gasteiger partial charge in [0, 0.05) is 23.1 Å². The Morgan fingerprint density at radius 1 is 0.778 bits per heavy atom. The van der Waals surface area contributed by atoms with Crippen LogP contribution in [0.5, 0.6) is 0 Å². The van der Waals surface area contributed by atoms with Gasteiger partial charge in [0.2, 0.25) is 0 Å². The smallest absolute Gasteiger partial charge is 0.341 e. The molecule has 0 bridgehead atoms. The lowest BCUT2D eigenvalue weighted by molar-refractivity contribution is -0.136. The second kappa shape index (κ2) is 9.70. The predicted octanol–water partition coefficient (Wildman–Crippen LogP) is 6.93. The van der Waals surface area contributed by atoms with Gasteiger partial charge in [0.15, 0.2) is 11.1 Å². The molecule has 0 unspecified atom stereocenters. The summed E-state index contributed by atoms with van der Waals surface area (Å²) in [7, 11) is 0. The first-order valence-corrected chi connectivity index (χ1v) is 11.5. The lowest BCUT2D eigenvalue weighted by Crippen LogP contribution is -2.19. The number of fused-ring (bicyclic) bond motifs is 1. The number of hydrogen-bond donors (Lipinski definition) is 1. The van der Waals surface area contributed by atoms with E-state index in [1.807, 2.05) is 66.7 Å². The second-order valence-corrected chi connectivity index (χ2v) is 8.40. The fraction of sp³-hybridized carbons (Fsp3) is 0.103. The van der Waals surface area contributed by atoms with Crippen molar-refractivity contribution in [1.29, 1.82) is 0 Å². The summed E-state index contributed by atoms with van der Waals surface area (Å²) in [5, 5.41) is 2.73. The topological polar surface area (TPSA) is 46.9 Å². The lowest BCUT2D eigenvalue weighted by Gasteiger charge is -2.20. The van der Waals surface area contributed by atoms with Crippen LogP contribution in [0.2, 0.25) is 0 Å². The Balaban J connectivity index is 1.75. The molecule has 5 aromatic rings. The summed E-state index contributed by atoms with van der Waals surface area (Å²) >= 11 is 0. The number of rotatable bonds is 6. The Morgan fingerprint density at radius 2 is 1.39 bits per heavy atom. The van der Waals surface area contributed by atoms with Gasteiger partial charge in [0.05, 0.1) is 10.9 Å². The van der Waals surface area contributed by atoms with Gasteiger partial charge in [-0.05, 0) is 48.7 Å². The molecule has 0 saturated carbocycles. The molecule has 7 heteroatoms. The van der Waals surface area contributed by atoms with Crippen LogP contribution in [0.3, 0.4) is 0 Å². The first-order chi connectivity index (χ1) is 17.4. The maximum Gasteiger partial charge on any atom is 0.417 e. The minimum Gasteiger partial charge on any atom is -0.341 e. The maximum atomic E-state index is 14.2. The number of nitrogens with one attached hydrogen (secondary N) is 1. The van der Waals surface area contributed by atoms with Crippen molar-refractivity contribution in [1.82, 2.24) is 9.55 Å². The third-order valence-corrected chi connectivity index (χ3v) is 5.90. The molecule has 0 saturated heterocycles. The van der Waals surface area contributed by atoms with Crippen molar-refractivity contribution >= 4 is 22.5 Å². The minimum absolute atomic E-state index is 0.0370. The molecular formula is C29H22F3N3O. The van der Waals surface area contributed by atoms with Crippen LogP contribution in [0, 0.1) is 0 Å². The summed E-state index contributed by atoms with van der Waals surface area (Å²) in [5.74, 6) is 0.325. The summed E-state index contributed by atoms with van der Waals surface area (Å²) in [6.07, 6.45) is -3.90. The number of alkyl halides is 3. The molecule has 0 radical (unpaired) electrons. The zero-order valence-corrected chi connectivity index (χ0v) is 19.2. The summed E-state index contributed by atoms with van der Waals surface area (Å²) in [4.78, 5) is 17.8. The standard InChI is InChI=1S/C29H22F3N3O/c30-29(31,32)24-18-22(17-16-20-10-4-1-5-11-20)34-28-27(24)25(36)19-26(33-21-12-6-2-7-13-21)35(28)23-14-8-3-9-15-23/h1-15,18-19,33H,16-17H2. The lowest BCUT2D eigenvalue weighted by atomic mass is 10.0. The number of nitrogens with zero attached hydrogens (tertiary/aromatic N) is 2. The third-order valence-electron chi connectivity index (χ3n) is 5.90. The van der Waals surface area contributed by atoms with Crippen LogP contribution in [0.15, 0.2) is 108 Å². The predicted molar refractivity (Wildman–Crippen MR) is 136 cm³/mol. The fourth-order valence-corrected chi connectivity index (χ4v) is 4.23. The molecule has 4 nitrogen and oxygen atoms in total. The van der Waals surface area contributed by atoms with E-state index in [-0.39, 0.29) is 11.3 Å². The number of hydrogen-bond acceptors (Lipinski definition) is 3. The van der Waals surface area contributed by atoms with E-state index < -0.39 is 22.6 Å². The Labute approximate surface area is 205 Å². The van der Waals surface area contributed by atoms with E-state index in [1.54, 1.807) is 28.8 Å². The van der Waals surface area contributed by atoms with Gasteiger partial charge in [-0.25, -0.2) is 4.98 Å². The maximum absolute atomic E-state index is 14.2. The first-order valence-electron chi connectivity index (χ1n) is 11.5. The van der Waals surface area contributed by atoms with Crippen molar-refractivity contribution in [3.63, 3.8) is 0 Å². The molecule has 36 heavy (non-hydrogen) atoms.